The zero-order valence-corrected chi connectivity index (χ0v) is 26.6. The van der Waals surface area contributed by atoms with Crippen molar-refractivity contribution in [1.29, 1.82) is 0 Å². The molecule has 2 rings (SSSR count). The lowest BCUT2D eigenvalue weighted by Gasteiger charge is -2.28. The lowest BCUT2D eigenvalue weighted by molar-refractivity contribution is -0.141. The maximum atomic E-state index is 13.2. The van der Waals surface area contributed by atoms with Gasteiger partial charge in [0.05, 0.1) is 0 Å². The highest BCUT2D eigenvalue weighted by Gasteiger charge is 2.29. The Hall–Kier alpha value is -3.47. The maximum Gasteiger partial charge on any atom is 0.326 e. The van der Waals surface area contributed by atoms with Crippen LogP contribution in [0.1, 0.15) is 63.4 Å². The molecule has 15 heteroatoms. The van der Waals surface area contributed by atoms with E-state index in [4.69, 9.17) is 10.8 Å². The standard InChI is InChI=1S/C29H42IN5O9/c30-20-5-3-4-18(14-20)15-23(33-25(38)19-9-7-17(16-31)8-10-19)26(39)32-13-2-1-6-21(27(40)41)34-29(44)35-22(28(42)43)11-12-24(36)37/h3-5,14,17,19,21-23H,1-2,6-13,15-16,31H2,(H,32,39)(H,33,38)(H,36,37)(H,40,41)(H,42,43)(H2,34,35,44)/t17?,19?,21-,22-,23-/m0/s1. The molecule has 1 aromatic rings. The Morgan fingerprint density at radius 3 is 2.07 bits per heavy atom. The number of carboxylic acid groups (broad SMARTS) is 3. The summed E-state index contributed by atoms with van der Waals surface area (Å²) in [6, 6.07) is 2.97. The Morgan fingerprint density at radius 1 is 0.864 bits per heavy atom. The van der Waals surface area contributed by atoms with Crippen LogP contribution in [0.3, 0.4) is 0 Å². The van der Waals surface area contributed by atoms with Crippen molar-refractivity contribution in [1.82, 2.24) is 21.3 Å². The van der Waals surface area contributed by atoms with Crippen LogP contribution in [0.2, 0.25) is 0 Å². The molecule has 0 saturated heterocycles. The highest BCUT2D eigenvalue weighted by Crippen LogP contribution is 2.28. The lowest BCUT2D eigenvalue weighted by Crippen LogP contribution is -2.51. The molecule has 0 aliphatic heterocycles. The van der Waals surface area contributed by atoms with Crippen LogP contribution in [0.4, 0.5) is 4.79 Å². The van der Waals surface area contributed by atoms with Crippen LogP contribution in [0.5, 0.6) is 0 Å². The van der Waals surface area contributed by atoms with Crippen molar-refractivity contribution < 1.29 is 44.1 Å². The van der Waals surface area contributed by atoms with Gasteiger partial charge in [-0.15, -0.1) is 0 Å². The van der Waals surface area contributed by atoms with E-state index in [-0.39, 0.29) is 37.1 Å². The molecule has 1 fully saturated rings. The normalized spacial score (nSPS) is 18.2. The average molecular weight is 732 g/mol. The number of nitrogens with two attached hydrogens (primary N) is 1. The van der Waals surface area contributed by atoms with E-state index in [9.17, 15) is 39.0 Å². The summed E-state index contributed by atoms with van der Waals surface area (Å²) >= 11 is 2.18. The van der Waals surface area contributed by atoms with Crippen LogP contribution in [0.15, 0.2) is 24.3 Å². The molecule has 244 valence electrons. The number of carbonyl (C=O) groups is 6. The van der Waals surface area contributed by atoms with Crippen LogP contribution < -0.4 is 27.0 Å². The first-order chi connectivity index (χ1) is 20.9. The molecule has 14 nitrogen and oxygen atoms in total. The van der Waals surface area contributed by atoms with E-state index in [1.165, 1.54) is 0 Å². The van der Waals surface area contributed by atoms with E-state index >= 15 is 0 Å². The van der Waals surface area contributed by atoms with Crippen molar-refractivity contribution in [2.75, 3.05) is 13.1 Å². The maximum absolute atomic E-state index is 13.2. The van der Waals surface area contributed by atoms with Gasteiger partial charge in [0.25, 0.3) is 0 Å². The SMILES string of the molecule is NCC1CCC(C(=O)N[C@@H](Cc2cccc(I)c2)C(=O)NCCCC[C@H](NC(=O)N[C@@H](CCC(=O)O)C(=O)O)C(=O)O)CC1. The Morgan fingerprint density at radius 2 is 1.50 bits per heavy atom. The summed E-state index contributed by atoms with van der Waals surface area (Å²) in [4.78, 5) is 72.0. The third kappa shape index (κ3) is 13.4. The Kier molecular flexibility index (Phi) is 15.9. The van der Waals surface area contributed by atoms with E-state index in [1.807, 2.05) is 24.3 Å². The number of hydrogen-bond donors (Lipinski definition) is 8. The third-order valence-electron chi connectivity index (χ3n) is 7.59. The highest BCUT2D eigenvalue weighted by atomic mass is 127. The summed E-state index contributed by atoms with van der Waals surface area (Å²) in [5.74, 6) is -4.29. The minimum atomic E-state index is -1.50. The van der Waals surface area contributed by atoms with Gasteiger partial charge in [0.1, 0.15) is 18.1 Å². The monoisotopic (exact) mass is 731 g/mol. The van der Waals surface area contributed by atoms with E-state index in [1.54, 1.807) is 0 Å². The largest absolute Gasteiger partial charge is 0.481 e. The van der Waals surface area contributed by atoms with Gasteiger partial charge < -0.3 is 42.3 Å². The predicted molar refractivity (Wildman–Crippen MR) is 168 cm³/mol. The molecule has 9 N–H and O–H groups in total. The predicted octanol–water partition coefficient (Wildman–Crippen LogP) is 1.44. The van der Waals surface area contributed by atoms with Gasteiger partial charge in [-0.2, -0.15) is 0 Å². The summed E-state index contributed by atoms with van der Waals surface area (Å²) in [6.45, 7) is 0.802. The topological polar surface area (TPSA) is 237 Å². The molecule has 1 aliphatic carbocycles. The number of urea groups is 1. The first-order valence-corrected chi connectivity index (χ1v) is 15.7. The molecular formula is C29H42IN5O9. The van der Waals surface area contributed by atoms with Crippen LogP contribution in [0, 0.1) is 15.4 Å². The fourth-order valence-electron chi connectivity index (χ4n) is 5.01. The van der Waals surface area contributed by atoms with Gasteiger partial charge in [-0.05, 0) is 104 Å². The zero-order valence-electron chi connectivity index (χ0n) is 24.4. The molecule has 1 saturated carbocycles. The number of amides is 4. The van der Waals surface area contributed by atoms with Crippen molar-refractivity contribution in [3.05, 3.63) is 33.4 Å². The quantitative estimate of drug-likeness (QED) is 0.0799. The van der Waals surface area contributed by atoms with E-state index in [0.717, 1.165) is 34.8 Å². The van der Waals surface area contributed by atoms with Crippen molar-refractivity contribution in [2.24, 2.45) is 17.6 Å². The number of halogens is 1. The molecule has 0 spiro atoms. The second kappa shape index (κ2) is 19.0. The van der Waals surface area contributed by atoms with Crippen LogP contribution in [-0.2, 0) is 30.4 Å². The first kappa shape index (κ1) is 36.7. The Labute approximate surface area is 269 Å². The number of rotatable bonds is 18. The lowest BCUT2D eigenvalue weighted by atomic mass is 9.81. The van der Waals surface area contributed by atoms with Crippen LogP contribution >= 0.6 is 22.6 Å². The Bertz CT molecular complexity index is 1160. The number of nitrogens with one attached hydrogen (secondary N) is 4. The summed E-state index contributed by atoms with van der Waals surface area (Å²) in [5.41, 5.74) is 6.66. The Balaban J connectivity index is 1.88. The van der Waals surface area contributed by atoms with Gasteiger partial charge >= 0.3 is 23.9 Å². The minimum absolute atomic E-state index is 0.000418. The summed E-state index contributed by atoms with van der Waals surface area (Å²) in [7, 11) is 0. The second-order valence-electron chi connectivity index (χ2n) is 11.0. The van der Waals surface area contributed by atoms with E-state index in [0.29, 0.717) is 31.7 Å². The van der Waals surface area contributed by atoms with Crippen molar-refractivity contribution in [2.45, 2.75) is 82.3 Å². The fraction of sp³-hybridized carbons (Fsp3) is 0.586. The number of carbonyl (C=O) groups excluding carboxylic acids is 3. The highest BCUT2D eigenvalue weighted by molar-refractivity contribution is 14.1. The number of benzene rings is 1. The van der Waals surface area contributed by atoms with Gasteiger partial charge in [0.15, 0.2) is 0 Å². The van der Waals surface area contributed by atoms with Crippen LogP contribution in [-0.4, -0.2) is 82.3 Å². The molecule has 0 heterocycles. The van der Waals surface area contributed by atoms with Crippen LogP contribution in [0.25, 0.3) is 0 Å². The summed E-state index contributed by atoms with van der Waals surface area (Å²) < 4.78 is 1.000. The molecule has 0 radical (unpaired) electrons. The molecule has 1 aliphatic rings. The van der Waals surface area contributed by atoms with Gasteiger partial charge in [-0.25, -0.2) is 14.4 Å². The van der Waals surface area contributed by atoms with Gasteiger partial charge in [-0.1, -0.05) is 12.1 Å². The molecule has 0 unspecified atom stereocenters. The molecule has 0 aromatic heterocycles. The van der Waals surface area contributed by atoms with E-state index < -0.39 is 48.5 Å². The molecule has 3 atom stereocenters. The number of aliphatic carboxylic acids is 3. The molecular weight excluding hydrogens is 689 g/mol. The van der Waals surface area contributed by atoms with Crippen molar-refractivity contribution in [3.63, 3.8) is 0 Å². The summed E-state index contributed by atoms with van der Waals surface area (Å²) in [5, 5.41) is 37.4. The fourth-order valence-corrected chi connectivity index (χ4v) is 5.62. The van der Waals surface area contributed by atoms with Gasteiger partial charge in [0, 0.05) is 28.9 Å². The molecule has 4 amide bonds. The summed E-state index contributed by atoms with van der Waals surface area (Å²) in [6.07, 6.45) is 3.33. The first-order valence-electron chi connectivity index (χ1n) is 14.7. The number of unbranched alkanes of at least 4 members (excludes halogenated alkanes) is 1. The zero-order chi connectivity index (χ0) is 32.6. The van der Waals surface area contributed by atoms with Gasteiger partial charge in [0.2, 0.25) is 11.8 Å². The molecule has 1 aromatic carbocycles. The smallest absolute Gasteiger partial charge is 0.326 e. The van der Waals surface area contributed by atoms with E-state index in [2.05, 4.69) is 43.9 Å². The van der Waals surface area contributed by atoms with Gasteiger partial charge in [-0.3, -0.25) is 14.4 Å². The molecule has 0 bridgehead atoms. The second-order valence-corrected chi connectivity index (χ2v) is 12.2. The third-order valence-corrected chi connectivity index (χ3v) is 8.26. The average Bonchev–Trinajstić information content (AvgIpc) is 2.97. The number of hydrogen-bond acceptors (Lipinski definition) is 7. The van der Waals surface area contributed by atoms with Crippen molar-refractivity contribution >= 4 is 58.3 Å². The minimum Gasteiger partial charge on any atom is -0.481 e. The molecule has 44 heavy (non-hydrogen) atoms. The number of carboxylic acids is 3. The van der Waals surface area contributed by atoms with Crippen molar-refractivity contribution in [3.8, 4) is 0 Å².